The molecule has 5 nitrogen and oxygen atoms in total. The Labute approximate surface area is 183 Å². The van der Waals surface area contributed by atoms with Crippen LogP contribution in [0.3, 0.4) is 0 Å². The molecule has 0 radical (unpaired) electrons. The van der Waals surface area contributed by atoms with Gasteiger partial charge in [-0.1, -0.05) is 30.3 Å². The molecule has 1 heterocycles. The van der Waals surface area contributed by atoms with Crippen LogP contribution in [0.15, 0.2) is 54.6 Å². The number of anilines is 3. The minimum Gasteiger partial charge on any atom is -0.312 e. The Kier molecular flexibility index (Phi) is 4.42. The molecule has 5 heteroatoms. The summed E-state index contributed by atoms with van der Waals surface area (Å²) in [4.78, 5) is 30.3. The molecule has 0 spiro atoms. The van der Waals surface area contributed by atoms with Crippen molar-refractivity contribution in [2.75, 3.05) is 16.3 Å². The number of rotatable bonds is 3. The summed E-state index contributed by atoms with van der Waals surface area (Å²) in [5.41, 5.74) is 8.56. The molecule has 4 fully saturated rings. The van der Waals surface area contributed by atoms with Crippen LogP contribution in [-0.4, -0.2) is 24.4 Å². The zero-order valence-corrected chi connectivity index (χ0v) is 17.7. The van der Waals surface area contributed by atoms with Gasteiger partial charge in [0.15, 0.2) is 6.04 Å². The van der Waals surface area contributed by atoms with E-state index in [0.717, 1.165) is 28.9 Å². The van der Waals surface area contributed by atoms with E-state index < -0.39 is 6.04 Å². The second kappa shape index (κ2) is 7.20. The lowest BCUT2D eigenvalue weighted by molar-refractivity contribution is -0.128. The number of nitrogens with zero attached hydrogens (tertiary/aromatic N) is 2. The van der Waals surface area contributed by atoms with Crippen LogP contribution in [0.5, 0.6) is 0 Å². The Morgan fingerprint density at radius 1 is 0.742 bits per heavy atom. The SMILES string of the molecule is NC1C(=O)N(CC2C3CC4CC(C3)CC2C4)c2ccccc2N(c2ccccc2)C1=O. The summed E-state index contributed by atoms with van der Waals surface area (Å²) in [6, 6.07) is 16.1. The minimum absolute atomic E-state index is 0.273. The van der Waals surface area contributed by atoms with Crippen molar-refractivity contribution >= 4 is 28.9 Å². The Morgan fingerprint density at radius 2 is 1.32 bits per heavy atom. The molecule has 4 saturated carbocycles. The van der Waals surface area contributed by atoms with Gasteiger partial charge in [0.25, 0.3) is 11.8 Å². The van der Waals surface area contributed by atoms with E-state index >= 15 is 0 Å². The maximum atomic E-state index is 13.5. The molecule has 2 amide bonds. The van der Waals surface area contributed by atoms with Crippen LogP contribution in [0.1, 0.15) is 32.1 Å². The van der Waals surface area contributed by atoms with Gasteiger partial charge in [0, 0.05) is 12.2 Å². The third kappa shape index (κ3) is 3.01. The second-order valence-electron chi connectivity index (χ2n) is 10.0. The molecule has 2 N–H and O–H groups in total. The summed E-state index contributed by atoms with van der Waals surface area (Å²) in [7, 11) is 0. The van der Waals surface area contributed by atoms with Crippen molar-refractivity contribution in [3.05, 3.63) is 54.6 Å². The van der Waals surface area contributed by atoms with Crippen LogP contribution in [0.2, 0.25) is 0 Å². The third-order valence-corrected chi connectivity index (χ3v) is 8.26. The fourth-order valence-electron chi connectivity index (χ4n) is 7.11. The van der Waals surface area contributed by atoms with Crippen LogP contribution in [-0.2, 0) is 9.59 Å². The molecule has 2 aromatic carbocycles. The van der Waals surface area contributed by atoms with Gasteiger partial charge >= 0.3 is 0 Å². The number of para-hydroxylation sites is 3. The van der Waals surface area contributed by atoms with Crippen molar-refractivity contribution in [3.63, 3.8) is 0 Å². The molecule has 4 aliphatic carbocycles. The zero-order chi connectivity index (χ0) is 21.1. The second-order valence-corrected chi connectivity index (χ2v) is 10.0. The van der Waals surface area contributed by atoms with Gasteiger partial charge in [0.1, 0.15) is 0 Å². The largest absolute Gasteiger partial charge is 0.312 e. The highest BCUT2D eigenvalue weighted by atomic mass is 16.2. The fraction of sp³-hybridized carbons (Fsp3) is 0.462. The zero-order valence-electron chi connectivity index (χ0n) is 17.7. The summed E-state index contributed by atoms with van der Waals surface area (Å²) in [5.74, 6) is 3.07. The highest BCUT2D eigenvalue weighted by Crippen LogP contribution is 2.57. The molecule has 1 atom stereocenters. The molecule has 0 saturated heterocycles. The monoisotopic (exact) mass is 415 g/mol. The highest BCUT2D eigenvalue weighted by Gasteiger charge is 2.50. The van der Waals surface area contributed by atoms with E-state index in [1.54, 1.807) is 4.90 Å². The lowest BCUT2D eigenvalue weighted by atomic mass is 9.52. The van der Waals surface area contributed by atoms with Crippen molar-refractivity contribution in [2.24, 2.45) is 35.3 Å². The van der Waals surface area contributed by atoms with Gasteiger partial charge < -0.3 is 10.6 Å². The average Bonchev–Trinajstić information content (AvgIpc) is 2.85. The van der Waals surface area contributed by atoms with Gasteiger partial charge in [-0.25, -0.2) is 0 Å². The third-order valence-electron chi connectivity index (χ3n) is 8.26. The summed E-state index contributed by atoms with van der Waals surface area (Å²) < 4.78 is 0. The summed E-state index contributed by atoms with van der Waals surface area (Å²) >= 11 is 0. The Bertz CT molecular complexity index is 992. The standard InChI is InChI=1S/C26H29N3O2/c27-24-25(30)28(15-21-18-11-16-10-17(13-18)14-19(21)12-16)22-8-4-5-9-23(22)29(26(24)31)20-6-2-1-3-7-20/h1-9,16-19,21,24H,10-15,27H2. The van der Waals surface area contributed by atoms with Crippen LogP contribution >= 0.6 is 0 Å². The van der Waals surface area contributed by atoms with Crippen molar-refractivity contribution in [1.29, 1.82) is 0 Å². The molecule has 0 aromatic heterocycles. The molecule has 5 aliphatic rings. The predicted molar refractivity (Wildman–Crippen MR) is 121 cm³/mol. The molecule has 1 aliphatic heterocycles. The van der Waals surface area contributed by atoms with Crippen LogP contribution in [0.4, 0.5) is 17.1 Å². The Hall–Kier alpha value is -2.66. The molecule has 160 valence electrons. The number of hydrogen-bond acceptors (Lipinski definition) is 3. The number of amides is 2. The van der Waals surface area contributed by atoms with Gasteiger partial charge in [-0.15, -0.1) is 0 Å². The molecule has 4 bridgehead atoms. The van der Waals surface area contributed by atoms with Gasteiger partial charge in [-0.2, -0.15) is 0 Å². The van der Waals surface area contributed by atoms with E-state index in [2.05, 4.69) is 0 Å². The van der Waals surface area contributed by atoms with E-state index in [4.69, 9.17) is 5.73 Å². The van der Waals surface area contributed by atoms with E-state index in [1.807, 2.05) is 59.5 Å². The predicted octanol–water partition coefficient (Wildman–Crippen LogP) is 4.10. The first-order chi connectivity index (χ1) is 15.1. The number of nitrogens with two attached hydrogens (primary N) is 1. The molecule has 1 unspecified atom stereocenters. The minimum atomic E-state index is -1.19. The quantitative estimate of drug-likeness (QED) is 0.768. The van der Waals surface area contributed by atoms with Crippen molar-refractivity contribution in [2.45, 2.75) is 38.1 Å². The van der Waals surface area contributed by atoms with Crippen LogP contribution in [0, 0.1) is 29.6 Å². The van der Waals surface area contributed by atoms with Gasteiger partial charge in [-0.3, -0.25) is 14.5 Å². The smallest absolute Gasteiger partial charge is 0.258 e. The topological polar surface area (TPSA) is 66.6 Å². The normalized spacial score (nSPS) is 34.1. The van der Waals surface area contributed by atoms with Crippen molar-refractivity contribution in [1.82, 2.24) is 0 Å². The first-order valence-electron chi connectivity index (χ1n) is 11.6. The lowest BCUT2D eigenvalue weighted by Crippen LogP contribution is -2.54. The number of hydrogen-bond donors (Lipinski definition) is 1. The average molecular weight is 416 g/mol. The van der Waals surface area contributed by atoms with E-state index in [-0.39, 0.29) is 11.8 Å². The fourth-order valence-corrected chi connectivity index (χ4v) is 7.11. The van der Waals surface area contributed by atoms with E-state index in [0.29, 0.717) is 24.3 Å². The maximum Gasteiger partial charge on any atom is 0.258 e. The van der Waals surface area contributed by atoms with Gasteiger partial charge in [0.2, 0.25) is 0 Å². The van der Waals surface area contributed by atoms with Gasteiger partial charge in [-0.05, 0) is 86.0 Å². The highest BCUT2D eigenvalue weighted by molar-refractivity contribution is 6.22. The molecule has 2 aromatic rings. The molecular formula is C26H29N3O2. The summed E-state index contributed by atoms with van der Waals surface area (Å²) in [6.07, 6.45) is 6.65. The van der Waals surface area contributed by atoms with Gasteiger partial charge in [0.05, 0.1) is 11.4 Å². The first kappa shape index (κ1) is 19.1. The number of benzene rings is 2. The molecular weight excluding hydrogens is 386 g/mol. The van der Waals surface area contributed by atoms with Crippen LogP contribution in [0.25, 0.3) is 0 Å². The maximum absolute atomic E-state index is 13.5. The Morgan fingerprint density at radius 3 is 1.97 bits per heavy atom. The van der Waals surface area contributed by atoms with E-state index in [1.165, 1.54) is 32.1 Å². The number of fused-ring (bicyclic) bond motifs is 1. The van der Waals surface area contributed by atoms with Crippen molar-refractivity contribution < 1.29 is 9.59 Å². The lowest BCUT2D eigenvalue weighted by Gasteiger charge is -2.55. The number of carbonyl (C=O) groups excluding carboxylic acids is 2. The summed E-state index contributed by atoms with van der Waals surface area (Å²) in [5, 5.41) is 0. The van der Waals surface area contributed by atoms with Crippen molar-refractivity contribution in [3.8, 4) is 0 Å². The van der Waals surface area contributed by atoms with Crippen LogP contribution < -0.4 is 15.5 Å². The molecule has 31 heavy (non-hydrogen) atoms. The van der Waals surface area contributed by atoms with E-state index in [9.17, 15) is 9.59 Å². The Balaban J connectivity index is 1.40. The molecule has 7 rings (SSSR count). The number of carbonyl (C=O) groups is 2. The summed E-state index contributed by atoms with van der Waals surface area (Å²) in [6.45, 7) is 0.675. The first-order valence-corrected chi connectivity index (χ1v) is 11.6.